The van der Waals surface area contributed by atoms with E-state index in [-0.39, 0.29) is 23.3 Å². The van der Waals surface area contributed by atoms with Crippen molar-refractivity contribution < 1.29 is 13.0 Å². The van der Waals surface area contributed by atoms with Crippen LogP contribution in [0.4, 0.5) is 11.4 Å². The van der Waals surface area contributed by atoms with Gasteiger partial charge >= 0.3 is 0 Å². The molecule has 6 heteroatoms. The highest BCUT2D eigenvalue weighted by molar-refractivity contribution is 7.85. The molecule has 4 rings (SSSR count). The SMILES string of the molecule is CC1(C)C2CCC1(CS(=O)(=O)O)C1Nc3ccccc3NC21. The topological polar surface area (TPSA) is 78.4 Å². The van der Waals surface area contributed by atoms with E-state index in [1.54, 1.807) is 0 Å². The third kappa shape index (κ3) is 1.71. The van der Waals surface area contributed by atoms with E-state index in [4.69, 9.17) is 0 Å². The minimum atomic E-state index is -4.02. The largest absolute Gasteiger partial charge is 0.378 e. The minimum absolute atomic E-state index is 0.0260. The number of rotatable bonds is 2. The van der Waals surface area contributed by atoms with E-state index in [9.17, 15) is 13.0 Å². The fraction of sp³-hybridized carbons (Fsp3) is 0.625. The van der Waals surface area contributed by atoms with Crippen molar-refractivity contribution >= 4 is 21.5 Å². The lowest BCUT2D eigenvalue weighted by Crippen LogP contribution is -2.54. The van der Waals surface area contributed by atoms with Gasteiger partial charge in [-0.25, -0.2) is 0 Å². The predicted molar refractivity (Wildman–Crippen MR) is 86.6 cm³/mol. The Hall–Kier alpha value is -1.27. The molecule has 4 atom stereocenters. The van der Waals surface area contributed by atoms with E-state index < -0.39 is 15.5 Å². The summed E-state index contributed by atoms with van der Waals surface area (Å²) in [4.78, 5) is 0. The Morgan fingerprint density at radius 3 is 2.50 bits per heavy atom. The zero-order chi connectivity index (χ0) is 15.8. The molecule has 1 aromatic rings. The number of para-hydroxylation sites is 2. The quantitative estimate of drug-likeness (QED) is 0.730. The van der Waals surface area contributed by atoms with Crippen molar-refractivity contribution in [3.05, 3.63) is 24.3 Å². The molecule has 1 aliphatic heterocycles. The first-order valence-corrected chi connectivity index (χ1v) is 9.43. The van der Waals surface area contributed by atoms with Crippen LogP contribution in [0.2, 0.25) is 0 Å². The second-order valence-corrected chi connectivity index (χ2v) is 9.04. The van der Waals surface area contributed by atoms with Crippen molar-refractivity contribution in [2.75, 3.05) is 16.4 Å². The first-order chi connectivity index (χ1) is 10.2. The number of nitrogens with one attached hydrogen (secondary N) is 2. The van der Waals surface area contributed by atoms with Gasteiger partial charge in [-0.2, -0.15) is 8.42 Å². The second-order valence-electron chi connectivity index (χ2n) is 7.59. The van der Waals surface area contributed by atoms with Gasteiger partial charge in [0.2, 0.25) is 0 Å². The van der Waals surface area contributed by atoms with Crippen LogP contribution in [-0.4, -0.2) is 30.8 Å². The van der Waals surface area contributed by atoms with Crippen molar-refractivity contribution in [2.24, 2.45) is 16.7 Å². The molecule has 22 heavy (non-hydrogen) atoms. The Bertz CT molecular complexity index is 731. The molecule has 2 fully saturated rings. The van der Waals surface area contributed by atoms with E-state index in [0.29, 0.717) is 5.92 Å². The first kappa shape index (κ1) is 14.3. The normalized spacial score (nSPS) is 37.9. The third-order valence-corrected chi connectivity index (χ3v) is 7.38. The molecule has 0 radical (unpaired) electrons. The third-order valence-electron chi connectivity index (χ3n) is 6.50. The van der Waals surface area contributed by atoms with Crippen LogP contribution in [-0.2, 0) is 10.1 Å². The van der Waals surface area contributed by atoms with Crippen LogP contribution in [0, 0.1) is 16.7 Å². The van der Waals surface area contributed by atoms with Crippen molar-refractivity contribution in [1.82, 2.24) is 0 Å². The molecule has 0 amide bonds. The molecule has 1 heterocycles. The fourth-order valence-corrected chi connectivity index (χ4v) is 6.74. The zero-order valence-electron chi connectivity index (χ0n) is 12.8. The Labute approximate surface area is 131 Å². The maximum atomic E-state index is 11.7. The fourth-order valence-electron chi connectivity index (χ4n) is 5.39. The van der Waals surface area contributed by atoms with Gasteiger partial charge in [-0.3, -0.25) is 4.55 Å². The summed E-state index contributed by atoms with van der Waals surface area (Å²) in [5.41, 5.74) is 1.52. The van der Waals surface area contributed by atoms with Crippen LogP contribution in [0.1, 0.15) is 26.7 Å². The molecule has 2 bridgehead atoms. The maximum absolute atomic E-state index is 11.7. The van der Waals surface area contributed by atoms with Crippen LogP contribution in [0.3, 0.4) is 0 Å². The van der Waals surface area contributed by atoms with Gasteiger partial charge in [0.25, 0.3) is 10.1 Å². The minimum Gasteiger partial charge on any atom is -0.378 e. The lowest BCUT2D eigenvalue weighted by Gasteiger charge is -2.45. The molecule has 1 aromatic carbocycles. The molecule has 2 aliphatic carbocycles. The van der Waals surface area contributed by atoms with Crippen LogP contribution in [0.15, 0.2) is 24.3 Å². The molecular formula is C16H22N2O3S. The summed E-state index contributed by atoms with van der Waals surface area (Å²) >= 11 is 0. The number of hydrogen-bond acceptors (Lipinski definition) is 4. The molecular weight excluding hydrogens is 300 g/mol. The summed E-state index contributed by atoms with van der Waals surface area (Å²) in [5, 5.41) is 7.19. The summed E-state index contributed by atoms with van der Waals surface area (Å²) in [7, 11) is -4.02. The van der Waals surface area contributed by atoms with Crippen molar-refractivity contribution in [3.63, 3.8) is 0 Å². The van der Waals surface area contributed by atoms with Gasteiger partial charge in [-0.05, 0) is 36.3 Å². The van der Waals surface area contributed by atoms with Crippen molar-refractivity contribution in [1.29, 1.82) is 0 Å². The maximum Gasteiger partial charge on any atom is 0.265 e. The Morgan fingerprint density at radius 2 is 1.86 bits per heavy atom. The summed E-state index contributed by atoms with van der Waals surface area (Å²) in [5.74, 6) is 0.238. The number of anilines is 2. The van der Waals surface area contributed by atoms with Gasteiger partial charge in [0.05, 0.1) is 29.2 Å². The van der Waals surface area contributed by atoms with Crippen molar-refractivity contribution in [3.8, 4) is 0 Å². The number of benzene rings is 1. The monoisotopic (exact) mass is 322 g/mol. The van der Waals surface area contributed by atoms with Gasteiger partial charge in [-0.1, -0.05) is 26.0 Å². The van der Waals surface area contributed by atoms with Crippen molar-refractivity contribution in [2.45, 2.75) is 38.8 Å². The molecule has 5 nitrogen and oxygen atoms in total. The van der Waals surface area contributed by atoms with Gasteiger partial charge < -0.3 is 10.6 Å². The van der Waals surface area contributed by atoms with Crippen LogP contribution >= 0.6 is 0 Å². The lowest BCUT2D eigenvalue weighted by molar-refractivity contribution is 0.143. The predicted octanol–water partition coefficient (Wildman–Crippen LogP) is 2.59. The summed E-state index contributed by atoms with van der Waals surface area (Å²) in [6, 6.07) is 8.27. The molecule has 0 saturated heterocycles. The van der Waals surface area contributed by atoms with Crippen LogP contribution < -0.4 is 10.6 Å². The van der Waals surface area contributed by atoms with E-state index in [2.05, 4.69) is 24.5 Å². The molecule has 0 spiro atoms. The lowest BCUT2D eigenvalue weighted by atomic mass is 9.68. The Morgan fingerprint density at radius 1 is 1.23 bits per heavy atom. The van der Waals surface area contributed by atoms with Gasteiger partial charge in [0, 0.05) is 5.41 Å². The average Bonchev–Trinajstić information content (AvgIpc) is 2.76. The average molecular weight is 322 g/mol. The number of hydrogen-bond donors (Lipinski definition) is 3. The van der Waals surface area contributed by atoms with E-state index in [0.717, 1.165) is 24.2 Å². The van der Waals surface area contributed by atoms with E-state index >= 15 is 0 Å². The second kappa shape index (κ2) is 4.17. The summed E-state index contributed by atoms with van der Waals surface area (Å²) in [6.45, 7) is 4.31. The Balaban J connectivity index is 1.82. The molecule has 120 valence electrons. The summed E-state index contributed by atoms with van der Waals surface area (Å²) < 4.78 is 32.9. The molecule has 3 aliphatic rings. The highest BCUT2D eigenvalue weighted by Crippen LogP contribution is 2.67. The number of fused-ring (bicyclic) bond motifs is 6. The first-order valence-electron chi connectivity index (χ1n) is 7.82. The van der Waals surface area contributed by atoms with Gasteiger partial charge in [0.15, 0.2) is 0 Å². The van der Waals surface area contributed by atoms with Gasteiger partial charge in [0.1, 0.15) is 0 Å². The highest BCUT2D eigenvalue weighted by Gasteiger charge is 2.70. The Kier molecular flexibility index (Phi) is 2.72. The molecule has 4 unspecified atom stereocenters. The smallest absolute Gasteiger partial charge is 0.265 e. The van der Waals surface area contributed by atoms with Crippen LogP contribution in [0.25, 0.3) is 0 Å². The zero-order valence-corrected chi connectivity index (χ0v) is 13.7. The highest BCUT2D eigenvalue weighted by atomic mass is 32.2. The van der Waals surface area contributed by atoms with E-state index in [1.165, 1.54) is 0 Å². The van der Waals surface area contributed by atoms with E-state index in [1.807, 2.05) is 24.3 Å². The molecule has 2 saturated carbocycles. The van der Waals surface area contributed by atoms with Crippen LogP contribution in [0.5, 0.6) is 0 Å². The molecule has 3 N–H and O–H groups in total. The summed E-state index contributed by atoms with van der Waals surface area (Å²) in [6.07, 6.45) is 1.84. The standard InChI is InChI=1S/C16H22N2O3S/c1-15(2)10-7-8-16(15,9-22(19,20)21)14-13(10)17-11-5-3-4-6-12(11)18-14/h3-6,10,13-14,17-18H,7-9H2,1-2H3,(H,19,20,21). The van der Waals surface area contributed by atoms with Gasteiger partial charge in [-0.15, -0.1) is 0 Å². The molecule has 0 aromatic heterocycles.